The van der Waals surface area contributed by atoms with Crippen LogP contribution < -0.4 is 5.56 Å². The number of Topliss-reactive ketones (excluding diaryl/α,β-unsaturated/α-hetero) is 1. The van der Waals surface area contributed by atoms with Gasteiger partial charge in [-0.3, -0.25) is 14.2 Å². The molecule has 24 heavy (non-hydrogen) atoms. The normalized spacial score (nSPS) is 11.0. The molecule has 0 aliphatic heterocycles. The first-order valence-electron chi connectivity index (χ1n) is 7.62. The number of hydrogen-bond acceptors (Lipinski definition) is 3. The van der Waals surface area contributed by atoms with Crippen LogP contribution in [0.5, 0.6) is 0 Å². The third-order valence-electron chi connectivity index (χ3n) is 4.06. The number of benzene rings is 2. The van der Waals surface area contributed by atoms with E-state index in [1.165, 1.54) is 10.9 Å². The van der Waals surface area contributed by atoms with Crippen molar-refractivity contribution in [1.82, 2.24) is 9.55 Å². The number of rotatable bonds is 3. The van der Waals surface area contributed by atoms with Gasteiger partial charge in [-0.05, 0) is 50.1 Å². The molecule has 2 aromatic carbocycles. The molecular weight excluding hydrogens is 324 g/mol. The molecule has 3 aromatic rings. The summed E-state index contributed by atoms with van der Waals surface area (Å²) in [7, 11) is 0. The van der Waals surface area contributed by atoms with Crippen LogP contribution in [-0.4, -0.2) is 15.3 Å². The van der Waals surface area contributed by atoms with E-state index in [0.717, 1.165) is 16.7 Å². The highest BCUT2D eigenvalue weighted by Gasteiger charge is 2.15. The monoisotopic (exact) mass is 340 g/mol. The summed E-state index contributed by atoms with van der Waals surface area (Å²) >= 11 is 5.96. The van der Waals surface area contributed by atoms with E-state index in [9.17, 15) is 9.59 Å². The Labute approximate surface area is 144 Å². The average molecular weight is 341 g/mol. The summed E-state index contributed by atoms with van der Waals surface area (Å²) in [4.78, 5) is 29.5. The lowest BCUT2D eigenvalue weighted by Crippen LogP contribution is -2.25. The van der Waals surface area contributed by atoms with Crippen LogP contribution in [0.25, 0.3) is 10.9 Å². The molecule has 3 rings (SSSR count). The molecule has 0 aliphatic rings. The van der Waals surface area contributed by atoms with Gasteiger partial charge in [0.05, 0.1) is 23.8 Å². The summed E-state index contributed by atoms with van der Waals surface area (Å²) in [5, 5.41) is 0.880. The zero-order valence-electron chi connectivity index (χ0n) is 13.8. The van der Waals surface area contributed by atoms with E-state index in [-0.39, 0.29) is 17.9 Å². The minimum atomic E-state index is -0.265. The predicted molar refractivity (Wildman–Crippen MR) is 96.0 cm³/mol. The molecule has 0 radical (unpaired) electrons. The average Bonchev–Trinajstić information content (AvgIpc) is 2.49. The second kappa shape index (κ2) is 6.21. The fourth-order valence-electron chi connectivity index (χ4n) is 3.10. The Hall–Kier alpha value is -2.46. The molecule has 1 aromatic heterocycles. The molecule has 0 fully saturated rings. The predicted octanol–water partition coefficient (Wildman–Crippen LogP) is 3.86. The third kappa shape index (κ3) is 2.97. The van der Waals surface area contributed by atoms with Gasteiger partial charge in [0.15, 0.2) is 5.78 Å². The van der Waals surface area contributed by atoms with Crippen molar-refractivity contribution < 1.29 is 4.79 Å². The molecule has 0 atom stereocenters. The molecule has 122 valence electrons. The highest BCUT2D eigenvalue weighted by Crippen LogP contribution is 2.18. The van der Waals surface area contributed by atoms with Crippen LogP contribution in [0.3, 0.4) is 0 Å². The number of hydrogen-bond donors (Lipinski definition) is 0. The van der Waals surface area contributed by atoms with Crippen molar-refractivity contribution in [3.05, 3.63) is 74.3 Å². The van der Waals surface area contributed by atoms with Gasteiger partial charge in [-0.25, -0.2) is 4.98 Å². The summed E-state index contributed by atoms with van der Waals surface area (Å²) in [6.45, 7) is 5.78. The molecule has 1 heterocycles. The zero-order chi connectivity index (χ0) is 17.4. The Bertz CT molecular complexity index is 999. The maximum Gasteiger partial charge on any atom is 0.261 e. The Balaban J connectivity index is 2.03. The fraction of sp³-hybridized carbons (Fsp3) is 0.211. The van der Waals surface area contributed by atoms with Gasteiger partial charge in [0, 0.05) is 10.6 Å². The molecule has 0 N–H and O–H groups in total. The van der Waals surface area contributed by atoms with E-state index in [1.807, 2.05) is 32.9 Å². The number of carbonyl (C=O) groups excluding carboxylic acids is 1. The van der Waals surface area contributed by atoms with Crippen LogP contribution in [0, 0.1) is 20.8 Å². The molecule has 0 saturated heterocycles. The Kier molecular flexibility index (Phi) is 4.24. The second-order valence-electron chi connectivity index (χ2n) is 6.04. The number of aryl methyl sites for hydroxylation is 3. The summed E-state index contributed by atoms with van der Waals surface area (Å²) in [5.41, 5.74) is 3.91. The molecule has 0 amide bonds. The number of halogens is 1. The number of carbonyl (C=O) groups is 1. The van der Waals surface area contributed by atoms with Crippen molar-refractivity contribution in [1.29, 1.82) is 0 Å². The molecule has 0 bridgehead atoms. The highest BCUT2D eigenvalue weighted by atomic mass is 35.5. The summed E-state index contributed by atoms with van der Waals surface area (Å²) < 4.78 is 1.33. The zero-order valence-corrected chi connectivity index (χ0v) is 14.5. The first-order chi connectivity index (χ1) is 11.4. The lowest BCUT2D eigenvalue weighted by molar-refractivity contribution is 0.0969. The van der Waals surface area contributed by atoms with Crippen LogP contribution in [0.4, 0.5) is 0 Å². The van der Waals surface area contributed by atoms with Crippen LogP contribution in [0.2, 0.25) is 5.02 Å². The molecule has 0 spiro atoms. The first-order valence-corrected chi connectivity index (χ1v) is 8.00. The van der Waals surface area contributed by atoms with Gasteiger partial charge in [0.25, 0.3) is 5.56 Å². The van der Waals surface area contributed by atoms with Gasteiger partial charge < -0.3 is 0 Å². The van der Waals surface area contributed by atoms with Crippen LogP contribution in [0.15, 0.2) is 41.5 Å². The van der Waals surface area contributed by atoms with Crippen molar-refractivity contribution in [3.63, 3.8) is 0 Å². The summed E-state index contributed by atoms with van der Waals surface area (Å²) in [5.74, 6) is -0.102. The summed E-state index contributed by atoms with van der Waals surface area (Å²) in [6, 6.07) is 8.91. The Morgan fingerprint density at radius 1 is 1.12 bits per heavy atom. The van der Waals surface area contributed by atoms with E-state index >= 15 is 0 Å². The van der Waals surface area contributed by atoms with Gasteiger partial charge in [-0.2, -0.15) is 0 Å². The number of aromatic nitrogens is 2. The van der Waals surface area contributed by atoms with Crippen molar-refractivity contribution >= 4 is 28.3 Å². The smallest absolute Gasteiger partial charge is 0.261 e. The Morgan fingerprint density at radius 2 is 1.79 bits per heavy atom. The minimum absolute atomic E-state index is 0.0426. The van der Waals surface area contributed by atoms with Crippen LogP contribution in [0.1, 0.15) is 27.0 Å². The van der Waals surface area contributed by atoms with Gasteiger partial charge in [-0.1, -0.05) is 29.3 Å². The number of ketones is 1. The second-order valence-corrected chi connectivity index (χ2v) is 6.47. The SMILES string of the molecule is Cc1cc(C)c(C(=O)Cn2cnc3ccc(Cl)cc3c2=O)c(C)c1. The van der Waals surface area contributed by atoms with Crippen molar-refractivity contribution in [2.75, 3.05) is 0 Å². The molecule has 0 saturated carbocycles. The van der Waals surface area contributed by atoms with Gasteiger partial charge in [0.2, 0.25) is 0 Å². The molecule has 0 unspecified atom stereocenters. The lowest BCUT2D eigenvalue weighted by Gasteiger charge is -2.11. The van der Waals surface area contributed by atoms with E-state index in [4.69, 9.17) is 11.6 Å². The topological polar surface area (TPSA) is 52.0 Å². The van der Waals surface area contributed by atoms with Crippen molar-refractivity contribution in [2.45, 2.75) is 27.3 Å². The third-order valence-corrected chi connectivity index (χ3v) is 4.29. The van der Waals surface area contributed by atoms with E-state index < -0.39 is 0 Å². The molecule has 0 aliphatic carbocycles. The fourth-order valence-corrected chi connectivity index (χ4v) is 3.27. The number of fused-ring (bicyclic) bond motifs is 1. The quantitative estimate of drug-likeness (QED) is 0.680. The highest BCUT2D eigenvalue weighted by molar-refractivity contribution is 6.31. The standard InChI is InChI=1S/C19H17ClN2O2/c1-11-6-12(2)18(13(3)7-11)17(23)9-22-10-21-16-5-4-14(20)8-15(16)19(22)24/h4-8,10H,9H2,1-3H3. The van der Waals surface area contributed by atoms with Crippen molar-refractivity contribution in [3.8, 4) is 0 Å². The van der Waals surface area contributed by atoms with Crippen LogP contribution in [-0.2, 0) is 6.54 Å². The maximum atomic E-state index is 12.7. The van der Waals surface area contributed by atoms with E-state index in [0.29, 0.717) is 21.5 Å². The van der Waals surface area contributed by atoms with Crippen LogP contribution >= 0.6 is 11.6 Å². The van der Waals surface area contributed by atoms with Gasteiger partial charge in [0.1, 0.15) is 0 Å². The van der Waals surface area contributed by atoms with Gasteiger partial charge in [-0.15, -0.1) is 0 Å². The van der Waals surface area contributed by atoms with E-state index in [1.54, 1.807) is 18.2 Å². The first kappa shape index (κ1) is 16.4. The van der Waals surface area contributed by atoms with Crippen molar-refractivity contribution in [2.24, 2.45) is 0 Å². The summed E-state index contributed by atoms with van der Waals surface area (Å²) in [6.07, 6.45) is 1.41. The molecule has 4 nitrogen and oxygen atoms in total. The van der Waals surface area contributed by atoms with E-state index in [2.05, 4.69) is 4.98 Å². The van der Waals surface area contributed by atoms with Gasteiger partial charge >= 0.3 is 0 Å². The molecular formula is C19H17ClN2O2. The molecule has 5 heteroatoms. The number of nitrogens with zero attached hydrogens (tertiary/aromatic N) is 2. The largest absolute Gasteiger partial charge is 0.292 e. The minimum Gasteiger partial charge on any atom is -0.292 e. The lowest BCUT2D eigenvalue weighted by atomic mass is 9.96. The Morgan fingerprint density at radius 3 is 2.46 bits per heavy atom. The maximum absolute atomic E-state index is 12.7.